The van der Waals surface area contributed by atoms with E-state index in [0.29, 0.717) is 6.04 Å². The molecule has 3 heteroatoms. The number of likely N-dealkylation sites (N-methyl/N-ethyl adjacent to an activating group) is 1. The van der Waals surface area contributed by atoms with E-state index in [1.807, 2.05) is 0 Å². The largest absolute Gasteiger partial charge is 0.481 e. The molecule has 74 valence electrons. The van der Waals surface area contributed by atoms with Crippen LogP contribution in [0.1, 0.15) is 26.2 Å². The normalized spacial score (nSPS) is 23.3. The summed E-state index contributed by atoms with van der Waals surface area (Å²) in [6.07, 6.45) is 2.35. The second kappa shape index (κ2) is 4.42. The number of likely N-dealkylation sites (tertiary alicyclic amines) is 1. The first kappa shape index (κ1) is 10.3. The lowest BCUT2D eigenvalue weighted by atomic mass is 10.0. The molecule has 1 heterocycles. The molecule has 13 heavy (non-hydrogen) atoms. The maximum Gasteiger partial charge on any atom is 0.307 e. The Morgan fingerprint density at radius 1 is 1.69 bits per heavy atom. The minimum atomic E-state index is -0.770. The highest BCUT2D eigenvalue weighted by molar-refractivity contribution is 5.70. The SMILES string of the molecule is C=C(CC(=O)O)C1CCCN1CC. The number of carboxylic acids is 1. The highest BCUT2D eigenvalue weighted by Gasteiger charge is 2.25. The Morgan fingerprint density at radius 3 is 2.92 bits per heavy atom. The van der Waals surface area contributed by atoms with Crippen molar-refractivity contribution >= 4 is 5.97 Å². The van der Waals surface area contributed by atoms with Crippen LogP contribution in [0.15, 0.2) is 12.2 Å². The Morgan fingerprint density at radius 2 is 2.38 bits per heavy atom. The average Bonchev–Trinajstić information content (AvgIpc) is 2.49. The highest BCUT2D eigenvalue weighted by atomic mass is 16.4. The van der Waals surface area contributed by atoms with Crippen molar-refractivity contribution in [2.45, 2.75) is 32.2 Å². The Hall–Kier alpha value is -0.830. The van der Waals surface area contributed by atoms with E-state index >= 15 is 0 Å². The predicted molar refractivity (Wildman–Crippen MR) is 51.7 cm³/mol. The Labute approximate surface area is 79.0 Å². The summed E-state index contributed by atoms with van der Waals surface area (Å²) in [5.74, 6) is -0.770. The maximum atomic E-state index is 10.5. The third kappa shape index (κ3) is 2.56. The average molecular weight is 183 g/mol. The molecule has 1 aliphatic heterocycles. The molecule has 1 aliphatic rings. The van der Waals surface area contributed by atoms with Crippen LogP contribution in [-0.2, 0) is 4.79 Å². The van der Waals surface area contributed by atoms with Crippen LogP contribution in [0, 0.1) is 0 Å². The number of rotatable bonds is 4. The van der Waals surface area contributed by atoms with Gasteiger partial charge >= 0.3 is 5.97 Å². The van der Waals surface area contributed by atoms with E-state index in [-0.39, 0.29) is 6.42 Å². The van der Waals surface area contributed by atoms with E-state index in [9.17, 15) is 4.79 Å². The van der Waals surface area contributed by atoms with Gasteiger partial charge < -0.3 is 5.11 Å². The van der Waals surface area contributed by atoms with E-state index in [2.05, 4.69) is 18.4 Å². The Bertz CT molecular complexity index is 213. The van der Waals surface area contributed by atoms with Gasteiger partial charge in [0.05, 0.1) is 6.42 Å². The van der Waals surface area contributed by atoms with Gasteiger partial charge in [-0.25, -0.2) is 0 Å². The molecule has 0 amide bonds. The van der Waals surface area contributed by atoms with Crippen molar-refractivity contribution in [3.05, 3.63) is 12.2 Å². The van der Waals surface area contributed by atoms with Crippen LogP contribution in [0.5, 0.6) is 0 Å². The van der Waals surface area contributed by atoms with Gasteiger partial charge in [0.1, 0.15) is 0 Å². The summed E-state index contributed by atoms with van der Waals surface area (Å²) in [6, 6.07) is 0.307. The summed E-state index contributed by atoms with van der Waals surface area (Å²) >= 11 is 0. The van der Waals surface area contributed by atoms with Gasteiger partial charge in [-0.1, -0.05) is 13.5 Å². The van der Waals surface area contributed by atoms with Crippen molar-refractivity contribution in [2.75, 3.05) is 13.1 Å². The van der Waals surface area contributed by atoms with E-state index in [0.717, 1.165) is 31.5 Å². The molecule has 0 aromatic carbocycles. The third-order valence-corrected chi connectivity index (χ3v) is 2.62. The van der Waals surface area contributed by atoms with Gasteiger partial charge in [0.25, 0.3) is 0 Å². The smallest absolute Gasteiger partial charge is 0.307 e. The van der Waals surface area contributed by atoms with Crippen LogP contribution < -0.4 is 0 Å². The molecule has 0 aromatic rings. The molecule has 0 aliphatic carbocycles. The molecule has 0 saturated carbocycles. The van der Waals surface area contributed by atoms with Gasteiger partial charge in [0.15, 0.2) is 0 Å². The standard InChI is InChI=1S/C10H17NO2/c1-3-11-6-4-5-9(11)8(2)7-10(12)13/h9H,2-7H2,1H3,(H,12,13). The molecule has 0 radical (unpaired) electrons. The highest BCUT2D eigenvalue weighted by Crippen LogP contribution is 2.23. The minimum Gasteiger partial charge on any atom is -0.481 e. The molecule has 0 bridgehead atoms. The van der Waals surface area contributed by atoms with E-state index in [4.69, 9.17) is 5.11 Å². The van der Waals surface area contributed by atoms with Gasteiger partial charge in [-0.2, -0.15) is 0 Å². The van der Waals surface area contributed by atoms with Gasteiger partial charge in [-0.3, -0.25) is 9.69 Å². The predicted octanol–water partition coefficient (Wildman–Crippen LogP) is 1.50. The van der Waals surface area contributed by atoms with Crippen LogP contribution in [0.2, 0.25) is 0 Å². The van der Waals surface area contributed by atoms with Crippen molar-refractivity contribution in [1.29, 1.82) is 0 Å². The molecular formula is C10H17NO2. The quantitative estimate of drug-likeness (QED) is 0.671. The number of nitrogens with zero attached hydrogens (tertiary/aromatic N) is 1. The summed E-state index contributed by atoms with van der Waals surface area (Å²) < 4.78 is 0. The van der Waals surface area contributed by atoms with Gasteiger partial charge in [0.2, 0.25) is 0 Å². The Kier molecular flexibility index (Phi) is 3.48. The minimum absolute atomic E-state index is 0.112. The van der Waals surface area contributed by atoms with Crippen LogP contribution in [-0.4, -0.2) is 35.1 Å². The van der Waals surface area contributed by atoms with Crippen LogP contribution in [0.25, 0.3) is 0 Å². The molecule has 0 spiro atoms. The van der Waals surface area contributed by atoms with Crippen molar-refractivity contribution in [1.82, 2.24) is 4.90 Å². The van der Waals surface area contributed by atoms with Crippen molar-refractivity contribution in [3.8, 4) is 0 Å². The monoisotopic (exact) mass is 183 g/mol. The number of aliphatic carboxylic acids is 1. The molecule has 1 atom stereocenters. The van der Waals surface area contributed by atoms with Gasteiger partial charge in [-0.15, -0.1) is 0 Å². The van der Waals surface area contributed by atoms with Crippen molar-refractivity contribution in [2.24, 2.45) is 0 Å². The summed E-state index contributed by atoms with van der Waals surface area (Å²) in [5, 5.41) is 8.62. The van der Waals surface area contributed by atoms with Gasteiger partial charge in [0, 0.05) is 6.04 Å². The molecular weight excluding hydrogens is 166 g/mol. The van der Waals surface area contributed by atoms with Crippen molar-refractivity contribution in [3.63, 3.8) is 0 Å². The molecule has 3 nitrogen and oxygen atoms in total. The fourth-order valence-corrected chi connectivity index (χ4v) is 1.98. The molecule has 0 aromatic heterocycles. The zero-order valence-corrected chi connectivity index (χ0v) is 8.12. The zero-order chi connectivity index (χ0) is 9.84. The molecule has 1 rings (SSSR count). The number of carbonyl (C=O) groups is 1. The topological polar surface area (TPSA) is 40.5 Å². The van der Waals surface area contributed by atoms with Gasteiger partial charge in [-0.05, 0) is 31.5 Å². The summed E-state index contributed by atoms with van der Waals surface area (Å²) in [7, 11) is 0. The van der Waals surface area contributed by atoms with E-state index < -0.39 is 5.97 Å². The van der Waals surface area contributed by atoms with Crippen LogP contribution >= 0.6 is 0 Å². The van der Waals surface area contributed by atoms with Crippen LogP contribution in [0.4, 0.5) is 0 Å². The molecule has 1 N–H and O–H groups in total. The Balaban J connectivity index is 2.50. The lowest BCUT2D eigenvalue weighted by Gasteiger charge is -2.23. The van der Waals surface area contributed by atoms with Crippen LogP contribution in [0.3, 0.4) is 0 Å². The lowest BCUT2D eigenvalue weighted by molar-refractivity contribution is -0.136. The second-order valence-electron chi connectivity index (χ2n) is 3.52. The molecule has 1 unspecified atom stereocenters. The summed E-state index contributed by atoms with van der Waals surface area (Å²) in [4.78, 5) is 12.8. The maximum absolute atomic E-state index is 10.5. The first-order chi connectivity index (χ1) is 6.15. The van der Waals surface area contributed by atoms with Crippen molar-refractivity contribution < 1.29 is 9.90 Å². The zero-order valence-electron chi connectivity index (χ0n) is 8.12. The lowest BCUT2D eigenvalue weighted by Crippen LogP contribution is -2.31. The third-order valence-electron chi connectivity index (χ3n) is 2.62. The van der Waals surface area contributed by atoms with E-state index in [1.54, 1.807) is 0 Å². The fourth-order valence-electron chi connectivity index (χ4n) is 1.98. The van der Waals surface area contributed by atoms with E-state index in [1.165, 1.54) is 0 Å². The molecule has 1 fully saturated rings. The fraction of sp³-hybridized carbons (Fsp3) is 0.700. The number of hydrogen-bond donors (Lipinski definition) is 1. The molecule has 1 saturated heterocycles. The second-order valence-corrected chi connectivity index (χ2v) is 3.52. The number of hydrogen-bond acceptors (Lipinski definition) is 2. The number of carboxylic acid groups (broad SMARTS) is 1. The summed E-state index contributed by atoms with van der Waals surface area (Å²) in [6.45, 7) is 8.03. The first-order valence-electron chi connectivity index (χ1n) is 4.78. The first-order valence-corrected chi connectivity index (χ1v) is 4.78. The summed E-state index contributed by atoms with van der Waals surface area (Å²) in [5.41, 5.74) is 0.854.